The minimum atomic E-state index is -0.536. The summed E-state index contributed by atoms with van der Waals surface area (Å²) in [6, 6.07) is 10.8. The number of benzene rings is 2. The third-order valence-electron chi connectivity index (χ3n) is 4.59. The van der Waals surface area contributed by atoms with Crippen molar-refractivity contribution in [3.63, 3.8) is 0 Å². The second-order valence-electron chi connectivity index (χ2n) is 6.40. The van der Waals surface area contributed by atoms with E-state index in [1.165, 1.54) is 31.4 Å². The molecule has 0 bridgehead atoms. The van der Waals surface area contributed by atoms with E-state index >= 15 is 0 Å². The van der Waals surface area contributed by atoms with Gasteiger partial charge in [-0.1, -0.05) is 12.1 Å². The van der Waals surface area contributed by atoms with Gasteiger partial charge in [-0.3, -0.25) is 9.69 Å². The molecule has 0 spiro atoms. The number of methoxy groups -OCH3 is 1. The second-order valence-corrected chi connectivity index (χ2v) is 6.40. The van der Waals surface area contributed by atoms with Crippen molar-refractivity contribution in [2.24, 2.45) is 0 Å². The minimum absolute atomic E-state index is 0.128. The van der Waals surface area contributed by atoms with Crippen molar-refractivity contribution in [2.75, 3.05) is 33.3 Å². The van der Waals surface area contributed by atoms with E-state index in [0.29, 0.717) is 18.7 Å². The summed E-state index contributed by atoms with van der Waals surface area (Å²) in [5.74, 6) is -0.822. The van der Waals surface area contributed by atoms with E-state index in [1.54, 1.807) is 23.1 Å². The predicted molar refractivity (Wildman–Crippen MR) is 95.1 cm³/mol. The Bertz CT molecular complexity index is 765. The maximum Gasteiger partial charge on any atom is 0.254 e. The molecule has 0 saturated carbocycles. The van der Waals surface area contributed by atoms with Crippen molar-refractivity contribution in [1.82, 2.24) is 9.80 Å². The van der Waals surface area contributed by atoms with Gasteiger partial charge < -0.3 is 9.64 Å². The average Bonchev–Trinajstić information content (AvgIpc) is 2.88. The molecule has 1 aliphatic rings. The van der Waals surface area contributed by atoms with Crippen LogP contribution in [0.4, 0.5) is 8.78 Å². The molecule has 1 saturated heterocycles. The molecule has 1 fully saturated rings. The lowest BCUT2D eigenvalue weighted by molar-refractivity contribution is 0.0760. The highest BCUT2D eigenvalue weighted by molar-refractivity contribution is 5.94. The summed E-state index contributed by atoms with van der Waals surface area (Å²) in [5, 5.41) is 0. The fourth-order valence-corrected chi connectivity index (χ4v) is 3.16. The normalized spacial score (nSPS) is 15.6. The van der Waals surface area contributed by atoms with Crippen LogP contribution < -0.4 is 4.74 Å². The van der Waals surface area contributed by atoms with Crippen molar-refractivity contribution < 1.29 is 18.3 Å². The number of amides is 1. The van der Waals surface area contributed by atoms with Gasteiger partial charge in [0.05, 0.1) is 7.11 Å². The van der Waals surface area contributed by atoms with E-state index in [4.69, 9.17) is 4.74 Å². The first-order chi connectivity index (χ1) is 12.6. The molecule has 3 rings (SSSR count). The molecule has 1 heterocycles. The summed E-state index contributed by atoms with van der Waals surface area (Å²) in [6.45, 7) is 3.51. The number of rotatable bonds is 4. The van der Waals surface area contributed by atoms with Crippen LogP contribution in [0.3, 0.4) is 0 Å². The first kappa shape index (κ1) is 18.3. The fraction of sp³-hybridized carbons (Fsp3) is 0.350. The van der Waals surface area contributed by atoms with Crippen LogP contribution in [0.2, 0.25) is 0 Å². The molecule has 4 nitrogen and oxygen atoms in total. The predicted octanol–water partition coefficient (Wildman–Crippen LogP) is 3.32. The number of hydrogen-bond donors (Lipinski definition) is 0. The van der Waals surface area contributed by atoms with Gasteiger partial charge in [-0.05, 0) is 42.3 Å². The lowest BCUT2D eigenvalue weighted by Gasteiger charge is -2.22. The maximum absolute atomic E-state index is 13.9. The van der Waals surface area contributed by atoms with Gasteiger partial charge in [0.2, 0.25) is 0 Å². The molecule has 1 aliphatic heterocycles. The van der Waals surface area contributed by atoms with Gasteiger partial charge in [-0.15, -0.1) is 0 Å². The highest BCUT2D eigenvalue weighted by atomic mass is 19.1. The van der Waals surface area contributed by atoms with Gasteiger partial charge in [0, 0.05) is 38.3 Å². The van der Waals surface area contributed by atoms with E-state index in [1.807, 2.05) is 0 Å². The van der Waals surface area contributed by atoms with Gasteiger partial charge in [0.25, 0.3) is 5.91 Å². The molecular formula is C20H22F2N2O2. The smallest absolute Gasteiger partial charge is 0.254 e. The number of hydrogen-bond acceptors (Lipinski definition) is 3. The minimum Gasteiger partial charge on any atom is -0.494 e. The van der Waals surface area contributed by atoms with E-state index in [-0.39, 0.29) is 17.5 Å². The van der Waals surface area contributed by atoms with Crippen molar-refractivity contribution in [2.45, 2.75) is 13.0 Å². The zero-order valence-corrected chi connectivity index (χ0v) is 14.8. The lowest BCUT2D eigenvalue weighted by Crippen LogP contribution is -2.35. The monoisotopic (exact) mass is 360 g/mol. The largest absolute Gasteiger partial charge is 0.494 e. The maximum atomic E-state index is 13.9. The highest BCUT2D eigenvalue weighted by Gasteiger charge is 2.21. The lowest BCUT2D eigenvalue weighted by atomic mass is 10.1. The van der Waals surface area contributed by atoms with Gasteiger partial charge >= 0.3 is 0 Å². The Labute approximate surface area is 152 Å². The van der Waals surface area contributed by atoms with Crippen LogP contribution in [0.25, 0.3) is 0 Å². The number of nitrogens with zero attached hydrogens (tertiary/aromatic N) is 2. The van der Waals surface area contributed by atoms with Gasteiger partial charge in [0.15, 0.2) is 11.6 Å². The molecule has 0 aromatic heterocycles. The van der Waals surface area contributed by atoms with Crippen LogP contribution in [-0.2, 0) is 6.54 Å². The van der Waals surface area contributed by atoms with Crippen LogP contribution in [0.15, 0.2) is 42.5 Å². The topological polar surface area (TPSA) is 32.8 Å². The zero-order chi connectivity index (χ0) is 18.5. The Morgan fingerprint density at radius 3 is 2.50 bits per heavy atom. The standard InChI is InChI=1S/C20H22F2N2O2/c1-26-19-8-5-16(13-18(19)22)20(25)24-10-2-9-23(11-12-24)14-15-3-6-17(21)7-4-15/h3-8,13H,2,9-12,14H2,1H3. The number of carbonyl (C=O) groups excluding carboxylic acids is 1. The highest BCUT2D eigenvalue weighted by Crippen LogP contribution is 2.19. The Morgan fingerprint density at radius 1 is 1.04 bits per heavy atom. The first-order valence-corrected chi connectivity index (χ1v) is 8.66. The molecule has 2 aromatic rings. The second kappa shape index (κ2) is 8.27. The van der Waals surface area contributed by atoms with Crippen molar-refractivity contribution in [1.29, 1.82) is 0 Å². The number of halogens is 2. The summed E-state index contributed by atoms with van der Waals surface area (Å²) in [6.07, 6.45) is 0.839. The molecule has 0 N–H and O–H groups in total. The molecule has 138 valence electrons. The molecule has 6 heteroatoms. The van der Waals surface area contributed by atoms with Gasteiger partial charge in [-0.25, -0.2) is 8.78 Å². The van der Waals surface area contributed by atoms with Crippen LogP contribution in [-0.4, -0.2) is 49.0 Å². The fourth-order valence-electron chi connectivity index (χ4n) is 3.16. The first-order valence-electron chi connectivity index (χ1n) is 8.66. The third kappa shape index (κ3) is 4.38. The van der Waals surface area contributed by atoms with E-state index in [2.05, 4.69) is 4.90 Å². The number of carbonyl (C=O) groups is 1. The summed E-state index contributed by atoms with van der Waals surface area (Å²) in [4.78, 5) is 16.7. The van der Waals surface area contributed by atoms with Crippen LogP contribution in [0.1, 0.15) is 22.3 Å². The third-order valence-corrected chi connectivity index (χ3v) is 4.59. The van der Waals surface area contributed by atoms with E-state index in [9.17, 15) is 13.6 Å². The van der Waals surface area contributed by atoms with Crippen molar-refractivity contribution in [3.8, 4) is 5.75 Å². The van der Waals surface area contributed by atoms with Crippen molar-refractivity contribution >= 4 is 5.91 Å². The molecule has 0 radical (unpaired) electrons. The van der Waals surface area contributed by atoms with E-state index < -0.39 is 5.82 Å². The van der Waals surface area contributed by atoms with Crippen LogP contribution >= 0.6 is 0 Å². The van der Waals surface area contributed by atoms with Gasteiger partial charge in [0.1, 0.15) is 5.82 Å². The summed E-state index contributed by atoms with van der Waals surface area (Å²) < 4.78 is 31.8. The average molecular weight is 360 g/mol. The quantitative estimate of drug-likeness (QED) is 0.839. The Morgan fingerprint density at radius 2 is 1.81 bits per heavy atom. The molecular weight excluding hydrogens is 338 g/mol. The molecule has 26 heavy (non-hydrogen) atoms. The van der Waals surface area contributed by atoms with Gasteiger partial charge in [-0.2, -0.15) is 0 Å². The van der Waals surface area contributed by atoms with Crippen LogP contribution in [0, 0.1) is 11.6 Å². The molecule has 0 atom stereocenters. The Balaban J connectivity index is 1.61. The SMILES string of the molecule is COc1ccc(C(=O)N2CCCN(Cc3ccc(F)cc3)CC2)cc1F. The molecule has 0 unspecified atom stereocenters. The summed E-state index contributed by atoms with van der Waals surface area (Å²) in [5.41, 5.74) is 1.37. The van der Waals surface area contributed by atoms with Crippen molar-refractivity contribution in [3.05, 3.63) is 65.2 Å². The number of ether oxygens (including phenoxy) is 1. The Hall–Kier alpha value is -2.47. The van der Waals surface area contributed by atoms with E-state index in [0.717, 1.165) is 31.6 Å². The van der Waals surface area contributed by atoms with Crippen LogP contribution in [0.5, 0.6) is 5.75 Å². The zero-order valence-electron chi connectivity index (χ0n) is 14.8. The molecule has 0 aliphatic carbocycles. The Kier molecular flexibility index (Phi) is 5.83. The summed E-state index contributed by atoms with van der Waals surface area (Å²) >= 11 is 0. The summed E-state index contributed by atoms with van der Waals surface area (Å²) in [7, 11) is 1.39. The molecule has 2 aromatic carbocycles. The molecule has 1 amide bonds.